The average Bonchev–Trinajstić information content (AvgIpc) is 2.70. The number of rotatable bonds is 8. The molecule has 2 aromatic rings. The maximum absolute atomic E-state index is 14.1. The van der Waals surface area contributed by atoms with E-state index in [1.807, 2.05) is 0 Å². The summed E-state index contributed by atoms with van der Waals surface area (Å²) in [6.07, 6.45) is 0. The highest BCUT2D eigenvalue weighted by molar-refractivity contribution is 7.92. The first-order chi connectivity index (χ1) is 13.3. The van der Waals surface area contributed by atoms with Gasteiger partial charge in [0.1, 0.15) is 18.0 Å². The molecule has 0 atom stereocenters. The summed E-state index contributed by atoms with van der Waals surface area (Å²) in [7, 11) is 0.781. The average molecular weight is 413 g/mol. The number of ether oxygens (including phenoxy) is 4. The Balaban J connectivity index is 2.66. The number of esters is 1. The number of hydrogen-bond acceptors (Lipinski definition) is 7. The van der Waals surface area contributed by atoms with E-state index in [2.05, 4.69) is 4.74 Å². The van der Waals surface area contributed by atoms with Gasteiger partial charge in [0.25, 0.3) is 10.0 Å². The lowest BCUT2D eigenvalue weighted by Crippen LogP contribution is -2.36. The number of sulfonamides is 1. The molecule has 0 aliphatic heterocycles. The van der Waals surface area contributed by atoms with Gasteiger partial charge in [-0.2, -0.15) is 0 Å². The lowest BCUT2D eigenvalue weighted by Gasteiger charge is -2.25. The van der Waals surface area contributed by atoms with Crippen LogP contribution in [-0.2, 0) is 19.6 Å². The Morgan fingerprint density at radius 3 is 2.14 bits per heavy atom. The summed E-state index contributed by atoms with van der Waals surface area (Å²) < 4.78 is 61.1. The molecular formula is C18H20FNO7S. The van der Waals surface area contributed by atoms with E-state index >= 15 is 0 Å². The van der Waals surface area contributed by atoms with E-state index in [1.54, 1.807) is 6.07 Å². The number of benzene rings is 2. The summed E-state index contributed by atoms with van der Waals surface area (Å²) in [5, 5.41) is 0. The van der Waals surface area contributed by atoms with E-state index in [-0.39, 0.29) is 22.1 Å². The zero-order valence-electron chi connectivity index (χ0n) is 15.8. The second kappa shape index (κ2) is 8.79. The molecule has 0 radical (unpaired) electrons. The van der Waals surface area contributed by atoms with Gasteiger partial charge < -0.3 is 18.9 Å². The molecule has 0 spiro atoms. The third-order valence-corrected chi connectivity index (χ3v) is 5.62. The summed E-state index contributed by atoms with van der Waals surface area (Å²) in [6.45, 7) is -0.657. The van der Waals surface area contributed by atoms with E-state index in [1.165, 1.54) is 45.6 Å². The van der Waals surface area contributed by atoms with Gasteiger partial charge in [0.15, 0.2) is 11.6 Å². The molecule has 28 heavy (non-hydrogen) atoms. The lowest BCUT2D eigenvalue weighted by atomic mass is 10.2. The van der Waals surface area contributed by atoms with Crippen LogP contribution in [0, 0.1) is 5.82 Å². The van der Waals surface area contributed by atoms with Crippen LogP contribution in [0.25, 0.3) is 0 Å². The Bertz CT molecular complexity index is 962. The second-order valence-corrected chi connectivity index (χ2v) is 7.28. The third-order valence-electron chi connectivity index (χ3n) is 3.87. The predicted octanol–water partition coefficient (Wildman–Crippen LogP) is 2.22. The number of nitrogens with zero attached hydrogens (tertiary/aromatic N) is 1. The Labute approximate surface area is 162 Å². The molecule has 10 heteroatoms. The largest absolute Gasteiger partial charge is 0.497 e. The Kier molecular flexibility index (Phi) is 6.68. The van der Waals surface area contributed by atoms with Crippen LogP contribution in [0.5, 0.6) is 17.2 Å². The fourth-order valence-corrected chi connectivity index (χ4v) is 3.83. The number of anilines is 1. The summed E-state index contributed by atoms with van der Waals surface area (Å²) in [5.41, 5.74) is 0.0310. The molecule has 0 fully saturated rings. The van der Waals surface area contributed by atoms with Crippen LogP contribution in [0.3, 0.4) is 0 Å². The minimum atomic E-state index is -4.36. The molecule has 0 bridgehead atoms. The highest BCUT2D eigenvalue weighted by atomic mass is 32.2. The monoisotopic (exact) mass is 413 g/mol. The van der Waals surface area contributed by atoms with Crippen molar-refractivity contribution in [2.24, 2.45) is 0 Å². The van der Waals surface area contributed by atoms with Gasteiger partial charge in [-0.1, -0.05) is 0 Å². The van der Waals surface area contributed by atoms with Gasteiger partial charge in [-0.25, -0.2) is 12.8 Å². The molecule has 0 saturated carbocycles. The summed E-state index contributed by atoms with van der Waals surface area (Å²) in [5.74, 6) is -1.29. The van der Waals surface area contributed by atoms with Crippen molar-refractivity contribution in [1.29, 1.82) is 0 Å². The SMILES string of the molecule is COC(=O)CN(c1cc(OC)ccc1OC)S(=O)(=O)c1ccc(OC)c(F)c1. The first-order valence-electron chi connectivity index (χ1n) is 7.93. The molecule has 8 nitrogen and oxygen atoms in total. The van der Waals surface area contributed by atoms with Crippen molar-refractivity contribution in [3.8, 4) is 17.2 Å². The van der Waals surface area contributed by atoms with Gasteiger partial charge in [-0.15, -0.1) is 0 Å². The molecule has 0 N–H and O–H groups in total. The number of hydrogen-bond donors (Lipinski definition) is 0. The lowest BCUT2D eigenvalue weighted by molar-refractivity contribution is -0.138. The molecule has 2 aromatic carbocycles. The predicted molar refractivity (Wildman–Crippen MR) is 99.0 cm³/mol. The van der Waals surface area contributed by atoms with Crippen LogP contribution in [0.4, 0.5) is 10.1 Å². The van der Waals surface area contributed by atoms with Crippen LogP contribution < -0.4 is 18.5 Å². The maximum atomic E-state index is 14.1. The fourth-order valence-electron chi connectivity index (χ4n) is 2.41. The normalized spacial score (nSPS) is 10.9. The third kappa shape index (κ3) is 4.28. The first-order valence-corrected chi connectivity index (χ1v) is 9.37. The Morgan fingerprint density at radius 1 is 0.964 bits per heavy atom. The number of halogens is 1. The highest BCUT2D eigenvalue weighted by Gasteiger charge is 2.31. The zero-order chi connectivity index (χ0) is 20.9. The smallest absolute Gasteiger partial charge is 0.326 e. The number of carbonyl (C=O) groups is 1. The molecule has 2 rings (SSSR count). The van der Waals surface area contributed by atoms with Gasteiger partial charge >= 0.3 is 5.97 Å². The fraction of sp³-hybridized carbons (Fsp3) is 0.278. The second-order valence-electron chi connectivity index (χ2n) is 5.42. The maximum Gasteiger partial charge on any atom is 0.326 e. The van der Waals surface area contributed by atoms with Crippen LogP contribution in [0.2, 0.25) is 0 Å². The van der Waals surface area contributed by atoms with Crippen molar-refractivity contribution in [2.45, 2.75) is 4.90 Å². The molecular weight excluding hydrogens is 393 g/mol. The van der Waals surface area contributed by atoms with Crippen molar-refractivity contribution in [3.05, 3.63) is 42.2 Å². The molecule has 0 aliphatic rings. The zero-order valence-corrected chi connectivity index (χ0v) is 16.6. The minimum Gasteiger partial charge on any atom is -0.497 e. The molecule has 0 amide bonds. The van der Waals surface area contributed by atoms with Gasteiger partial charge in [-0.3, -0.25) is 9.10 Å². The van der Waals surface area contributed by atoms with Gasteiger partial charge in [-0.05, 0) is 30.3 Å². The van der Waals surface area contributed by atoms with Crippen LogP contribution >= 0.6 is 0 Å². The van der Waals surface area contributed by atoms with E-state index in [0.717, 1.165) is 17.5 Å². The van der Waals surface area contributed by atoms with E-state index < -0.39 is 28.4 Å². The molecule has 0 saturated heterocycles. The van der Waals surface area contributed by atoms with E-state index in [9.17, 15) is 17.6 Å². The summed E-state index contributed by atoms with van der Waals surface area (Å²) >= 11 is 0. The molecule has 0 heterocycles. The van der Waals surface area contributed by atoms with Crippen LogP contribution in [-0.4, -0.2) is 49.4 Å². The van der Waals surface area contributed by atoms with Crippen molar-refractivity contribution >= 4 is 21.7 Å². The van der Waals surface area contributed by atoms with E-state index in [0.29, 0.717) is 5.75 Å². The number of methoxy groups -OCH3 is 4. The topological polar surface area (TPSA) is 91.4 Å². The highest BCUT2D eigenvalue weighted by Crippen LogP contribution is 2.36. The van der Waals surface area contributed by atoms with Crippen molar-refractivity contribution in [2.75, 3.05) is 39.3 Å². The van der Waals surface area contributed by atoms with Gasteiger partial charge in [0.05, 0.1) is 39.0 Å². The van der Waals surface area contributed by atoms with Crippen molar-refractivity contribution in [1.82, 2.24) is 0 Å². The van der Waals surface area contributed by atoms with Gasteiger partial charge in [0, 0.05) is 6.07 Å². The van der Waals surface area contributed by atoms with Crippen LogP contribution in [0.1, 0.15) is 0 Å². The standard InChI is InChI=1S/C18H20FNO7S/c1-24-12-5-7-17(26-3)15(9-12)20(11-18(21)27-4)28(22,23)13-6-8-16(25-2)14(19)10-13/h5-10H,11H2,1-4H3. The minimum absolute atomic E-state index is 0.0310. The van der Waals surface area contributed by atoms with Crippen LogP contribution in [0.15, 0.2) is 41.3 Å². The molecule has 0 aliphatic carbocycles. The molecule has 0 aromatic heterocycles. The Morgan fingerprint density at radius 2 is 1.61 bits per heavy atom. The van der Waals surface area contributed by atoms with Crippen molar-refractivity contribution in [3.63, 3.8) is 0 Å². The first kappa shape index (κ1) is 21.3. The molecule has 152 valence electrons. The number of carbonyl (C=O) groups excluding carboxylic acids is 1. The molecule has 0 unspecified atom stereocenters. The summed E-state index contributed by atoms with van der Waals surface area (Å²) in [4.78, 5) is 11.5. The van der Waals surface area contributed by atoms with Gasteiger partial charge in [0.2, 0.25) is 0 Å². The Hall–Kier alpha value is -3.01. The quantitative estimate of drug-likeness (QED) is 0.613. The van der Waals surface area contributed by atoms with Crippen molar-refractivity contribution < 1.29 is 36.6 Å². The summed E-state index contributed by atoms with van der Waals surface area (Å²) in [6, 6.07) is 7.61. The van der Waals surface area contributed by atoms with E-state index in [4.69, 9.17) is 14.2 Å².